The summed E-state index contributed by atoms with van der Waals surface area (Å²) in [5, 5.41) is 7.99. The molecule has 5 nitrogen and oxygen atoms in total. The second-order valence-electron chi connectivity index (χ2n) is 7.42. The van der Waals surface area contributed by atoms with E-state index in [-0.39, 0.29) is 5.91 Å². The predicted octanol–water partition coefficient (Wildman–Crippen LogP) is 3.61. The fraction of sp³-hybridized carbons (Fsp3) is 0.500. The van der Waals surface area contributed by atoms with Crippen LogP contribution in [0.2, 0.25) is 5.02 Å². The van der Waals surface area contributed by atoms with Gasteiger partial charge in [-0.2, -0.15) is 5.10 Å². The molecular weight excluding hydrogens is 348 g/mol. The summed E-state index contributed by atoms with van der Waals surface area (Å²) in [4.78, 5) is 17.1. The molecule has 1 N–H and O–H groups in total. The Balaban J connectivity index is 1.56. The summed E-state index contributed by atoms with van der Waals surface area (Å²) in [5.74, 6) is 0.572. The molecule has 0 atom stereocenters. The first-order chi connectivity index (χ1) is 12.5. The van der Waals surface area contributed by atoms with Crippen LogP contribution in [0.4, 0.5) is 0 Å². The van der Waals surface area contributed by atoms with Gasteiger partial charge in [-0.1, -0.05) is 37.6 Å². The molecule has 0 aliphatic carbocycles. The third kappa shape index (κ3) is 5.08. The molecule has 6 heteroatoms. The third-order valence-electron chi connectivity index (χ3n) is 4.67. The number of nitrogens with zero attached hydrogens (tertiary/aromatic N) is 3. The maximum Gasteiger partial charge on any atom is 0.274 e. The number of amides is 1. The lowest BCUT2D eigenvalue weighted by molar-refractivity contribution is 0.0755. The van der Waals surface area contributed by atoms with Crippen molar-refractivity contribution in [3.8, 4) is 0 Å². The minimum Gasteiger partial charge on any atom is -0.336 e. The molecule has 1 aromatic carbocycles. The van der Waals surface area contributed by atoms with Crippen LogP contribution in [0.1, 0.15) is 42.0 Å². The maximum atomic E-state index is 12.8. The number of carbonyl (C=O) groups is 1. The van der Waals surface area contributed by atoms with Gasteiger partial charge in [0.2, 0.25) is 0 Å². The number of H-pyrrole nitrogens is 1. The topological polar surface area (TPSA) is 52.2 Å². The largest absolute Gasteiger partial charge is 0.336 e. The summed E-state index contributed by atoms with van der Waals surface area (Å²) in [7, 11) is 0. The van der Waals surface area contributed by atoms with Crippen molar-refractivity contribution >= 4 is 17.5 Å². The van der Waals surface area contributed by atoms with Gasteiger partial charge in [0.05, 0.1) is 0 Å². The van der Waals surface area contributed by atoms with Crippen molar-refractivity contribution in [3.63, 3.8) is 0 Å². The van der Waals surface area contributed by atoms with Crippen LogP contribution in [0.15, 0.2) is 30.3 Å². The number of hydrogen-bond acceptors (Lipinski definition) is 3. The van der Waals surface area contributed by atoms with Gasteiger partial charge in [0, 0.05) is 43.4 Å². The van der Waals surface area contributed by atoms with E-state index in [2.05, 4.69) is 41.1 Å². The average Bonchev–Trinajstić information content (AvgIpc) is 2.93. The molecule has 0 spiro atoms. The minimum absolute atomic E-state index is 0.0320. The van der Waals surface area contributed by atoms with E-state index in [0.29, 0.717) is 11.6 Å². The van der Waals surface area contributed by atoms with Crippen LogP contribution in [0.3, 0.4) is 0 Å². The second-order valence-corrected chi connectivity index (χ2v) is 7.86. The monoisotopic (exact) mass is 374 g/mol. The van der Waals surface area contributed by atoms with Gasteiger partial charge in [0.1, 0.15) is 5.69 Å². The first-order valence-corrected chi connectivity index (χ1v) is 9.69. The van der Waals surface area contributed by atoms with Crippen molar-refractivity contribution in [2.75, 3.05) is 26.2 Å². The second kappa shape index (κ2) is 8.69. The molecule has 1 fully saturated rings. The highest BCUT2D eigenvalue weighted by Crippen LogP contribution is 2.15. The standard InChI is InChI=1S/C20H27ClN4O/c1-15(2)12-18-13-19(23-22-18)20(26)25-9-3-8-24(10-11-25)14-16-4-6-17(21)7-5-16/h4-7,13,15H,3,8-12,14H2,1-2H3,(H,22,23). The summed E-state index contributed by atoms with van der Waals surface area (Å²) < 4.78 is 0. The molecule has 0 radical (unpaired) electrons. The Morgan fingerprint density at radius 3 is 2.69 bits per heavy atom. The Morgan fingerprint density at radius 2 is 1.96 bits per heavy atom. The van der Waals surface area contributed by atoms with Crippen LogP contribution in [0, 0.1) is 5.92 Å². The molecule has 0 bridgehead atoms. The van der Waals surface area contributed by atoms with Gasteiger partial charge in [0.25, 0.3) is 5.91 Å². The molecule has 3 rings (SSSR count). The summed E-state index contributed by atoms with van der Waals surface area (Å²) in [6.45, 7) is 8.59. The van der Waals surface area contributed by atoms with E-state index in [4.69, 9.17) is 11.6 Å². The first kappa shape index (κ1) is 18.9. The van der Waals surface area contributed by atoms with E-state index in [1.807, 2.05) is 23.1 Å². The maximum absolute atomic E-state index is 12.8. The van der Waals surface area contributed by atoms with Gasteiger partial charge >= 0.3 is 0 Å². The van der Waals surface area contributed by atoms with Crippen molar-refractivity contribution < 1.29 is 4.79 Å². The molecular formula is C20H27ClN4O. The molecule has 2 aromatic rings. The fourth-order valence-electron chi connectivity index (χ4n) is 3.36. The zero-order valence-electron chi connectivity index (χ0n) is 15.5. The normalized spacial score (nSPS) is 16.1. The Hall–Kier alpha value is -1.85. The minimum atomic E-state index is 0.0320. The van der Waals surface area contributed by atoms with Crippen molar-refractivity contribution in [3.05, 3.63) is 52.3 Å². The van der Waals surface area contributed by atoms with Crippen LogP contribution in [0.25, 0.3) is 0 Å². The van der Waals surface area contributed by atoms with E-state index in [1.54, 1.807) is 0 Å². The molecule has 26 heavy (non-hydrogen) atoms. The Labute approximate surface area is 160 Å². The van der Waals surface area contributed by atoms with Crippen LogP contribution in [-0.4, -0.2) is 52.1 Å². The van der Waals surface area contributed by atoms with Crippen molar-refractivity contribution in [2.45, 2.75) is 33.2 Å². The summed E-state index contributed by atoms with van der Waals surface area (Å²) in [6.07, 6.45) is 1.89. The van der Waals surface area contributed by atoms with E-state index in [9.17, 15) is 4.79 Å². The predicted molar refractivity (Wildman–Crippen MR) is 104 cm³/mol. The molecule has 1 saturated heterocycles. The number of benzene rings is 1. The van der Waals surface area contributed by atoms with Crippen LogP contribution in [-0.2, 0) is 13.0 Å². The number of aromatic amines is 1. The molecule has 0 unspecified atom stereocenters. The highest BCUT2D eigenvalue weighted by Gasteiger charge is 2.22. The average molecular weight is 375 g/mol. The van der Waals surface area contributed by atoms with Gasteiger partial charge in [-0.25, -0.2) is 0 Å². The van der Waals surface area contributed by atoms with Gasteiger partial charge in [-0.15, -0.1) is 0 Å². The quantitative estimate of drug-likeness (QED) is 0.869. The van der Waals surface area contributed by atoms with Crippen molar-refractivity contribution in [1.82, 2.24) is 20.0 Å². The van der Waals surface area contributed by atoms with Crippen molar-refractivity contribution in [2.24, 2.45) is 5.92 Å². The zero-order chi connectivity index (χ0) is 18.5. The molecule has 1 amide bonds. The smallest absolute Gasteiger partial charge is 0.274 e. The number of rotatable bonds is 5. The van der Waals surface area contributed by atoms with Gasteiger partial charge < -0.3 is 4.90 Å². The number of aromatic nitrogens is 2. The molecule has 1 aliphatic rings. The Bertz CT molecular complexity index is 726. The van der Waals surface area contributed by atoms with Crippen LogP contribution in [0.5, 0.6) is 0 Å². The van der Waals surface area contributed by atoms with E-state index in [0.717, 1.165) is 56.3 Å². The lowest BCUT2D eigenvalue weighted by atomic mass is 10.1. The molecule has 0 saturated carbocycles. The van der Waals surface area contributed by atoms with Crippen LogP contribution < -0.4 is 0 Å². The highest BCUT2D eigenvalue weighted by molar-refractivity contribution is 6.30. The van der Waals surface area contributed by atoms with Crippen molar-refractivity contribution in [1.29, 1.82) is 0 Å². The summed E-state index contributed by atoms with van der Waals surface area (Å²) in [6, 6.07) is 9.89. The highest BCUT2D eigenvalue weighted by atomic mass is 35.5. The number of halogens is 1. The Kier molecular flexibility index (Phi) is 6.33. The SMILES string of the molecule is CC(C)Cc1cc(C(=O)N2CCCN(Cc3ccc(Cl)cc3)CC2)n[nH]1. The molecule has 2 heterocycles. The van der Waals surface area contributed by atoms with E-state index < -0.39 is 0 Å². The number of nitrogens with one attached hydrogen (secondary N) is 1. The lowest BCUT2D eigenvalue weighted by Gasteiger charge is -2.21. The van der Waals surface area contributed by atoms with Crippen LogP contribution >= 0.6 is 11.6 Å². The zero-order valence-corrected chi connectivity index (χ0v) is 16.3. The van der Waals surface area contributed by atoms with Gasteiger partial charge in [-0.05, 0) is 42.5 Å². The van der Waals surface area contributed by atoms with Gasteiger partial charge in [-0.3, -0.25) is 14.8 Å². The van der Waals surface area contributed by atoms with Gasteiger partial charge in [0.15, 0.2) is 0 Å². The third-order valence-corrected chi connectivity index (χ3v) is 4.93. The molecule has 1 aliphatic heterocycles. The summed E-state index contributed by atoms with van der Waals surface area (Å²) >= 11 is 5.96. The van der Waals surface area contributed by atoms with E-state index >= 15 is 0 Å². The number of carbonyl (C=O) groups excluding carboxylic acids is 1. The lowest BCUT2D eigenvalue weighted by Crippen LogP contribution is -2.35. The number of hydrogen-bond donors (Lipinski definition) is 1. The fourth-order valence-corrected chi connectivity index (χ4v) is 3.48. The molecule has 140 valence electrons. The first-order valence-electron chi connectivity index (χ1n) is 9.31. The van der Waals surface area contributed by atoms with E-state index in [1.165, 1.54) is 5.56 Å². The molecule has 1 aromatic heterocycles. The Morgan fingerprint density at radius 1 is 1.19 bits per heavy atom. The summed E-state index contributed by atoms with van der Waals surface area (Å²) in [5.41, 5.74) is 2.81.